The normalized spacial score (nSPS) is 23.1. The van der Waals surface area contributed by atoms with Crippen LogP contribution in [0, 0.1) is 11.8 Å². The Bertz CT molecular complexity index is 1190. The number of hydrogen-bond acceptors (Lipinski definition) is 7. The number of rotatable bonds is 14. The molecule has 1 saturated carbocycles. The van der Waals surface area contributed by atoms with Crippen molar-refractivity contribution >= 4 is 23.5 Å². The fourth-order valence-corrected chi connectivity index (χ4v) is 6.18. The van der Waals surface area contributed by atoms with Gasteiger partial charge in [0.05, 0.1) is 32.2 Å². The molecule has 2 saturated heterocycles. The summed E-state index contributed by atoms with van der Waals surface area (Å²) in [7, 11) is 1.54. The molecule has 3 N–H and O–H groups in total. The number of amides is 3. The first-order valence-electron chi connectivity index (χ1n) is 15.8. The van der Waals surface area contributed by atoms with Crippen LogP contribution in [0.25, 0.3) is 0 Å². The van der Waals surface area contributed by atoms with E-state index in [2.05, 4.69) is 16.0 Å². The first kappa shape index (κ1) is 34.7. The van der Waals surface area contributed by atoms with Gasteiger partial charge in [-0.15, -0.1) is 0 Å². The van der Waals surface area contributed by atoms with Crippen molar-refractivity contribution in [2.24, 2.45) is 11.8 Å². The van der Waals surface area contributed by atoms with Crippen LogP contribution in [-0.2, 0) is 30.3 Å². The monoisotopic (exact) mass is 638 g/mol. The fraction of sp³-hybridized carbons (Fsp3) is 0.688. The summed E-state index contributed by atoms with van der Waals surface area (Å²) in [6, 6.07) is 4.19. The molecule has 250 valence electrons. The predicted molar refractivity (Wildman–Crippen MR) is 159 cm³/mol. The second kappa shape index (κ2) is 14.9. The van der Waals surface area contributed by atoms with Gasteiger partial charge in [-0.3, -0.25) is 24.1 Å². The highest BCUT2D eigenvalue weighted by molar-refractivity contribution is 5.98. The van der Waals surface area contributed by atoms with Crippen LogP contribution in [0.4, 0.5) is 13.2 Å². The second-order valence-electron chi connectivity index (χ2n) is 12.8. The van der Waals surface area contributed by atoms with Crippen LogP contribution in [0.2, 0.25) is 0 Å². The molecule has 4 atom stereocenters. The standard InChI is InChI=1S/C32H45F3N4O6/c1-20(36-27(40)18-39-14-12-23(13-15-39)32(33,34)35)29(42)38-26(17-22-8-10-24(44-3)11-9-22)30(43)37-25(16-21-6-4-5-7-21)28(41)31(2)19-45-31/h8-11,20-21,23,25-26H,4-7,12-19H2,1-3H3,(H,36,40)(H,37,43)(H,38,42)/t20-,25-,26?,31+/m0/s1. The van der Waals surface area contributed by atoms with Crippen molar-refractivity contribution in [3.05, 3.63) is 29.8 Å². The number of nitrogens with one attached hydrogen (secondary N) is 3. The maximum absolute atomic E-state index is 13.7. The maximum atomic E-state index is 13.7. The summed E-state index contributed by atoms with van der Waals surface area (Å²) in [6.45, 7) is 3.61. The molecule has 3 amide bonds. The molecule has 1 aromatic rings. The van der Waals surface area contributed by atoms with E-state index in [1.807, 2.05) is 0 Å². The number of Topliss-reactive ketones (excluding diaryl/α,β-unsaturated/α-hetero) is 1. The molecular formula is C32H45F3N4O6. The molecule has 0 radical (unpaired) electrons. The lowest BCUT2D eigenvalue weighted by molar-refractivity contribution is -0.185. The van der Waals surface area contributed by atoms with Crippen LogP contribution in [-0.4, -0.2) is 91.7 Å². The number of likely N-dealkylation sites (tertiary alicyclic amines) is 1. The van der Waals surface area contributed by atoms with Crippen molar-refractivity contribution in [1.29, 1.82) is 0 Å². The van der Waals surface area contributed by atoms with Gasteiger partial charge in [0.1, 0.15) is 23.4 Å². The van der Waals surface area contributed by atoms with Crippen molar-refractivity contribution < 1.29 is 41.8 Å². The topological polar surface area (TPSA) is 129 Å². The number of halogens is 3. The average Bonchev–Trinajstić information content (AvgIpc) is 3.54. The van der Waals surface area contributed by atoms with E-state index in [-0.39, 0.29) is 44.7 Å². The number of epoxide rings is 1. The lowest BCUT2D eigenvalue weighted by atomic mass is 9.90. The van der Waals surface area contributed by atoms with Crippen LogP contribution < -0.4 is 20.7 Å². The number of hydrogen-bond donors (Lipinski definition) is 3. The second-order valence-corrected chi connectivity index (χ2v) is 12.8. The van der Waals surface area contributed by atoms with E-state index in [0.717, 1.165) is 31.2 Å². The van der Waals surface area contributed by atoms with Crippen LogP contribution >= 0.6 is 0 Å². The minimum absolute atomic E-state index is 0.0789. The van der Waals surface area contributed by atoms with Gasteiger partial charge in [-0.05, 0) is 69.8 Å². The smallest absolute Gasteiger partial charge is 0.391 e. The minimum Gasteiger partial charge on any atom is -0.497 e. The van der Waals surface area contributed by atoms with Gasteiger partial charge >= 0.3 is 6.18 Å². The Labute approximate surface area is 262 Å². The molecule has 13 heteroatoms. The third-order valence-electron chi connectivity index (χ3n) is 9.20. The third-order valence-corrected chi connectivity index (χ3v) is 9.20. The minimum atomic E-state index is -4.25. The van der Waals surface area contributed by atoms with Crippen LogP contribution in [0.1, 0.15) is 64.4 Å². The molecule has 1 aliphatic carbocycles. The molecule has 1 unspecified atom stereocenters. The molecule has 0 aromatic heterocycles. The summed E-state index contributed by atoms with van der Waals surface area (Å²) in [6.07, 6.45) is 0.352. The van der Waals surface area contributed by atoms with Gasteiger partial charge in [0, 0.05) is 6.42 Å². The molecule has 45 heavy (non-hydrogen) atoms. The quantitative estimate of drug-likeness (QED) is 0.267. The number of alkyl halides is 3. The first-order valence-corrected chi connectivity index (χ1v) is 15.8. The zero-order valence-electron chi connectivity index (χ0n) is 26.2. The van der Waals surface area contributed by atoms with Gasteiger partial charge in [-0.2, -0.15) is 13.2 Å². The van der Waals surface area contributed by atoms with Crippen LogP contribution in [0.15, 0.2) is 24.3 Å². The highest BCUT2D eigenvalue weighted by Crippen LogP contribution is 2.35. The summed E-state index contributed by atoms with van der Waals surface area (Å²) in [4.78, 5) is 54.6. The number of nitrogens with zero attached hydrogens (tertiary/aromatic N) is 1. The number of piperidine rings is 1. The zero-order valence-corrected chi connectivity index (χ0v) is 26.2. The summed E-state index contributed by atoms with van der Waals surface area (Å²) in [5.74, 6) is -2.25. The SMILES string of the molecule is COc1ccc(CC(NC(=O)[C@H](C)NC(=O)CN2CCC(C(F)(F)F)CC2)C(=O)N[C@@H](CC2CCCC2)C(=O)[C@@]2(C)CO2)cc1. The van der Waals surface area contributed by atoms with Crippen LogP contribution in [0.5, 0.6) is 5.75 Å². The number of benzene rings is 1. The number of ether oxygens (including phenoxy) is 2. The molecule has 2 aliphatic heterocycles. The largest absolute Gasteiger partial charge is 0.497 e. The Morgan fingerprint density at radius 3 is 2.13 bits per heavy atom. The van der Waals surface area contributed by atoms with Gasteiger partial charge in [-0.25, -0.2) is 0 Å². The van der Waals surface area contributed by atoms with Gasteiger partial charge < -0.3 is 25.4 Å². The van der Waals surface area contributed by atoms with Gasteiger partial charge in [0.15, 0.2) is 5.78 Å². The third kappa shape index (κ3) is 9.90. The molecule has 2 heterocycles. The molecule has 0 spiro atoms. The molecule has 4 rings (SSSR count). The summed E-state index contributed by atoms with van der Waals surface area (Å²) < 4.78 is 49.6. The summed E-state index contributed by atoms with van der Waals surface area (Å²) >= 11 is 0. The Morgan fingerprint density at radius 1 is 0.978 bits per heavy atom. The highest BCUT2D eigenvalue weighted by atomic mass is 19.4. The molecule has 3 fully saturated rings. The van der Waals surface area contributed by atoms with Crippen molar-refractivity contribution in [3.8, 4) is 5.75 Å². The van der Waals surface area contributed by atoms with Crippen molar-refractivity contribution in [2.45, 2.75) is 95.1 Å². The van der Waals surface area contributed by atoms with E-state index in [1.54, 1.807) is 36.1 Å². The Balaban J connectivity index is 1.39. The van der Waals surface area contributed by atoms with Gasteiger partial charge in [0.25, 0.3) is 0 Å². The van der Waals surface area contributed by atoms with Crippen LogP contribution in [0.3, 0.4) is 0 Å². The number of carbonyl (C=O) groups is 4. The predicted octanol–water partition coefficient (Wildman–Crippen LogP) is 2.92. The Kier molecular flexibility index (Phi) is 11.5. The van der Waals surface area contributed by atoms with E-state index >= 15 is 0 Å². The van der Waals surface area contributed by atoms with E-state index in [1.165, 1.54) is 14.0 Å². The van der Waals surface area contributed by atoms with Crippen molar-refractivity contribution in [1.82, 2.24) is 20.9 Å². The van der Waals surface area contributed by atoms with Crippen molar-refractivity contribution in [3.63, 3.8) is 0 Å². The summed E-state index contributed by atoms with van der Waals surface area (Å²) in [5, 5.41) is 8.24. The lowest BCUT2D eigenvalue weighted by Crippen LogP contribution is -2.57. The average molecular weight is 639 g/mol. The Morgan fingerprint density at radius 2 is 1.58 bits per heavy atom. The molecule has 10 nitrogen and oxygen atoms in total. The zero-order chi connectivity index (χ0) is 32.8. The number of carbonyl (C=O) groups excluding carboxylic acids is 4. The van der Waals surface area contributed by atoms with Gasteiger partial charge in [0.2, 0.25) is 17.7 Å². The lowest BCUT2D eigenvalue weighted by Gasteiger charge is -2.32. The maximum Gasteiger partial charge on any atom is 0.391 e. The molecule has 0 bridgehead atoms. The molecule has 1 aromatic carbocycles. The van der Waals surface area contributed by atoms with E-state index < -0.39 is 53.5 Å². The number of methoxy groups -OCH3 is 1. The molecule has 3 aliphatic rings. The van der Waals surface area contributed by atoms with E-state index in [4.69, 9.17) is 9.47 Å². The number of ketones is 1. The fourth-order valence-electron chi connectivity index (χ4n) is 6.18. The highest BCUT2D eigenvalue weighted by Gasteiger charge is 2.50. The Hall–Kier alpha value is -3.19. The first-order chi connectivity index (χ1) is 21.3. The van der Waals surface area contributed by atoms with Crippen molar-refractivity contribution in [2.75, 3.05) is 33.4 Å². The molecular weight excluding hydrogens is 593 g/mol. The van der Waals surface area contributed by atoms with E-state index in [0.29, 0.717) is 24.7 Å². The van der Waals surface area contributed by atoms with E-state index in [9.17, 15) is 32.3 Å². The summed E-state index contributed by atoms with van der Waals surface area (Å²) in [5.41, 5.74) is -0.183. The van der Waals surface area contributed by atoms with Gasteiger partial charge in [-0.1, -0.05) is 37.8 Å².